The number of ketones is 1. The molecule has 0 spiro atoms. The van der Waals surface area contributed by atoms with Crippen LogP contribution < -0.4 is 4.90 Å². The predicted molar refractivity (Wildman–Crippen MR) is 73.0 cm³/mol. The van der Waals surface area contributed by atoms with Gasteiger partial charge in [-0.05, 0) is 36.4 Å². The van der Waals surface area contributed by atoms with E-state index in [0.717, 1.165) is 23.1 Å². The number of amides is 1. The van der Waals surface area contributed by atoms with Gasteiger partial charge in [0.2, 0.25) is 0 Å². The molecule has 108 valence electrons. The number of anilines is 1. The van der Waals surface area contributed by atoms with Crippen LogP contribution in [0.15, 0.2) is 36.4 Å². The van der Waals surface area contributed by atoms with E-state index in [4.69, 9.17) is 5.26 Å². The fourth-order valence-electron chi connectivity index (χ4n) is 2.36. The summed E-state index contributed by atoms with van der Waals surface area (Å²) in [4.78, 5) is 24.9. The highest BCUT2D eigenvalue weighted by atomic mass is 19.1. The van der Waals surface area contributed by atoms with Gasteiger partial charge in [0.1, 0.15) is 11.6 Å². The van der Waals surface area contributed by atoms with E-state index in [-0.39, 0.29) is 28.9 Å². The maximum Gasteiger partial charge on any atom is 0.299 e. The Morgan fingerprint density at radius 1 is 1.09 bits per heavy atom. The van der Waals surface area contributed by atoms with Gasteiger partial charge in [-0.15, -0.1) is 0 Å². The number of hydrogen-bond acceptors (Lipinski definition) is 3. The zero-order valence-corrected chi connectivity index (χ0v) is 11.1. The van der Waals surface area contributed by atoms with Crippen molar-refractivity contribution in [3.05, 3.63) is 64.7 Å². The van der Waals surface area contributed by atoms with E-state index < -0.39 is 23.3 Å². The van der Waals surface area contributed by atoms with E-state index in [2.05, 4.69) is 0 Å². The first kappa shape index (κ1) is 13.9. The molecule has 1 aliphatic rings. The van der Waals surface area contributed by atoms with E-state index in [9.17, 15) is 18.4 Å². The van der Waals surface area contributed by atoms with Crippen LogP contribution in [0.1, 0.15) is 21.5 Å². The van der Waals surface area contributed by atoms with Gasteiger partial charge in [0, 0.05) is 5.56 Å². The molecule has 0 atom stereocenters. The fourth-order valence-corrected chi connectivity index (χ4v) is 2.36. The minimum absolute atomic E-state index is 0.0808. The Balaban J connectivity index is 2.04. The molecule has 0 fully saturated rings. The molecule has 2 aromatic carbocycles. The number of fused-ring (bicyclic) bond motifs is 1. The molecule has 22 heavy (non-hydrogen) atoms. The Morgan fingerprint density at radius 3 is 2.59 bits per heavy atom. The molecular weight excluding hydrogens is 290 g/mol. The molecule has 1 heterocycles. The molecule has 0 aromatic heterocycles. The number of halogens is 2. The van der Waals surface area contributed by atoms with Crippen LogP contribution in [0.4, 0.5) is 14.5 Å². The molecule has 0 radical (unpaired) electrons. The molecule has 1 aliphatic heterocycles. The van der Waals surface area contributed by atoms with Crippen LogP contribution in [-0.2, 0) is 11.3 Å². The number of carbonyl (C=O) groups is 2. The normalized spacial score (nSPS) is 13.2. The highest BCUT2D eigenvalue weighted by Gasteiger charge is 2.36. The van der Waals surface area contributed by atoms with E-state index in [1.165, 1.54) is 18.2 Å². The molecule has 0 saturated carbocycles. The van der Waals surface area contributed by atoms with E-state index in [1.807, 2.05) is 6.07 Å². The van der Waals surface area contributed by atoms with Crippen LogP contribution in [0, 0.1) is 23.0 Å². The SMILES string of the molecule is N#Cc1ccc(F)c(CN2C(=O)C(=O)c3ccc(F)cc32)c1. The van der Waals surface area contributed by atoms with Gasteiger partial charge in [0.25, 0.3) is 11.7 Å². The number of hydrogen-bond donors (Lipinski definition) is 0. The van der Waals surface area contributed by atoms with Crippen molar-refractivity contribution in [3.63, 3.8) is 0 Å². The summed E-state index contributed by atoms with van der Waals surface area (Å²) in [7, 11) is 0. The largest absolute Gasteiger partial charge is 0.300 e. The zero-order valence-electron chi connectivity index (χ0n) is 11.1. The molecule has 0 unspecified atom stereocenters. The Morgan fingerprint density at radius 2 is 1.86 bits per heavy atom. The maximum atomic E-state index is 13.8. The Hall–Kier alpha value is -3.07. The summed E-state index contributed by atoms with van der Waals surface area (Å²) in [5.74, 6) is -2.81. The second-order valence-electron chi connectivity index (χ2n) is 4.80. The average molecular weight is 298 g/mol. The van der Waals surface area contributed by atoms with Crippen LogP contribution >= 0.6 is 0 Å². The van der Waals surface area contributed by atoms with Crippen LogP contribution in [0.3, 0.4) is 0 Å². The van der Waals surface area contributed by atoms with Gasteiger partial charge >= 0.3 is 0 Å². The lowest BCUT2D eigenvalue weighted by molar-refractivity contribution is -0.114. The predicted octanol–water partition coefficient (Wildman–Crippen LogP) is 2.57. The summed E-state index contributed by atoms with van der Waals surface area (Å²) in [5.41, 5.74) is 0.506. The quantitative estimate of drug-likeness (QED) is 0.801. The third-order valence-electron chi connectivity index (χ3n) is 3.44. The smallest absolute Gasteiger partial charge is 0.299 e. The lowest BCUT2D eigenvalue weighted by atomic mass is 10.1. The van der Waals surface area contributed by atoms with Crippen molar-refractivity contribution < 1.29 is 18.4 Å². The van der Waals surface area contributed by atoms with E-state index in [0.29, 0.717) is 0 Å². The summed E-state index contributed by atoms with van der Waals surface area (Å²) >= 11 is 0. The summed E-state index contributed by atoms with van der Waals surface area (Å²) < 4.78 is 27.2. The number of carbonyl (C=O) groups excluding carboxylic acids is 2. The average Bonchev–Trinajstić information content (AvgIpc) is 2.74. The number of nitriles is 1. The molecule has 3 rings (SSSR count). The van der Waals surface area contributed by atoms with Crippen molar-refractivity contribution in [2.45, 2.75) is 6.54 Å². The zero-order chi connectivity index (χ0) is 15.9. The highest BCUT2D eigenvalue weighted by molar-refractivity contribution is 6.52. The minimum Gasteiger partial charge on any atom is -0.300 e. The van der Waals surface area contributed by atoms with Crippen LogP contribution in [-0.4, -0.2) is 11.7 Å². The third kappa shape index (κ3) is 2.13. The maximum absolute atomic E-state index is 13.8. The van der Waals surface area contributed by atoms with Crippen LogP contribution in [0.2, 0.25) is 0 Å². The van der Waals surface area contributed by atoms with Crippen LogP contribution in [0.5, 0.6) is 0 Å². The van der Waals surface area contributed by atoms with Gasteiger partial charge in [0.15, 0.2) is 0 Å². The molecule has 6 heteroatoms. The van der Waals surface area contributed by atoms with Gasteiger partial charge in [-0.2, -0.15) is 5.26 Å². The van der Waals surface area contributed by atoms with E-state index in [1.54, 1.807) is 0 Å². The van der Waals surface area contributed by atoms with E-state index >= 15 is 0 Å². The van der Waals surface area contributed by atoms with Crippen molar-refractivity contribution in [3.8, 4) is 6.07 Å². The number of Topliss-reactive ketones (excluding diaryl/α,β-unsaturated/α-hetero) is 1. The Labute approximate surface area is 124 Å². The third-order valence-corrected chi connectivity index (χ3v) is 3.44. The number of benzene rings is 2. The monoisotopic (exact) mass is 298 g/mol. The molecule has 2 aromatic rings. The van der Waals surface area contributed by atoms with Crippen molar-refractivity contribution in [2.24, 2.45) is 0 Å². The first-order chi connectivity index (χ1) is 10.5. The summed E-state index contributed by atoms with van der Waals surface area (Å²) in [6.45, 7) is -0.248. The highest BCUT2D eigenvalue weighted by Crippen LogP contribution is 2.31. The number of rotatable bonds is 2. The second-order valence-corrected chi connectivity index (χ2v) is 4.80. The van der Waals surface area contributed by atoms with Gasteiger partial charge < -0.3 is 4.90 Å². The first-order valence-corrected chi connectivity index (χ1v) is 6.35. The molecule has 0 saturated heterocycles. The summed E-state index contributed by atoms with van der Waals surface area (Å²) in [6.07, 6.45) is 0. The van der Waals surface area contributed by atoms with Crippen molar-refractivity contribution in [1.29, 1.82) is 5.26 Å². The molecular formula is C16H8F2N2O2. The number of nitrogens with zero attached hydrogens (tertiary/aromatic N) is 2. The summed E-state index contributed by atoms with van der Waals surface area (Å²) in [6, 6.07) is 8.97. The Kier molecular flexibility index (Phi) is 3.18. The van der Waals surface area contributed by atoms with Crippen molar-refractivity contribution in [2.75, 3.05) is 4.90 Å². The van der Waals surface area contributed by atoms with Gasteiger partial charge in [-0.3, -0.25) is 9.59 Å². The molecule has 0 aliphatic carbocycles. The molecule has 0 bridgehead atoms. The second kappa shape index (κ2) is 5.04. The molecule has 1 amide bonds. The first-order valence-electron chi connectivity index (χ1n) is 6.35. The van der Waals surface area contributed by atoms with Crippen LogP contribution in [0.25, 0.3) is 0 Å². The van der Waals surface area contributed by atoms with Crippen molar-refractivity contribution >= 4 is 17.4 Å². The summed E-state index contributed by atoms with van der Waals surface area (Å²) in [5, 5.41) is 8.85. The topological polar surface area (TPSA) is 61.2 Å². The lowest BCUT2D eigenvalue weighted by Crippen LogP contribution is -2.29. The van der Waals surface area contributed by atoms with Gasteiger partial charge in [-0.1, -0.05) is 0 Å². The van der Waals surface area contributed by atoms with Gasteiger partial charge in [0.05, 0.1) is 29.4 Å². The Bertz CT molecular complexity index is 856. The van der Waals surface area contributed by atoms with Gasteiger partial charge in [-0.25, -0.2) is 8.78 Å². The minimum atomic E-state index is -0.845. The molecule has 0 N–H and O–H groups in total. The molecule has 4 nitrogen and oxygen atoms in total. The lowest BCUT2D eigenvalue weighted by Gasteiger charge is -2.17. The standard InChI is InChI=1S/C16H8F2N2O2/c17-11-2-3-12-14(6-11)20(16(22)15(12)21)8-10-5-9(7-19)1-4-13(10)18/h1-6H,8H2. The van der Waals surface area contributed by atoms with Crippen molar-refractivity contribution in [1.82, 2.24) is 0 Å². The fraction of sp³-hybridized carbons (Fsp3) is 0.0625.